The summed E-state index contributed by atoms with van der Waals surface area (Å²) in [7, 11) is -1.94. The van der Waals surface area contributed by atoms with Crippen molar-refractivity contribution in [3.63, 3.8) is 0 Å². The molecule has 0 unspecified atom stereocenters. The van der Waals surface area contributed by atoms with E-state index in [0.717, 1.165) is 18.4 Å². The third kappa shape index (κ3) is 2.98. The number of benzene rings is 1. The Morgan fingerprint density at radius 1 is 1.19 bits per heavy atom. The van der Waals surface area contributed by atoms with Gasteiger partial charge in [0.15, 0.2) is 5.78 Å². The van der Waals surface area contributed by atoms with Crippen LogP contribution in [0.2, 0.25) is 18.1 Å². The molecule has 21 heavy (non-hydrogen) atoms. The van der Waals surface area contributed by atoms with Gasteiger partial charge < -0.3 is 4.43 Å². The first kappa shape index (κ1) is 16.0. The summed E-state index contributed by atoms with van der Waals surface area (Å²) in [5.41, 5.74) is 0.284. The maximum Gasteiger partial charge on any atom is 0.250 e. The zero-order chi connectivity index (χ0) is 15.9. The minimum atomic E-state index is -1.94. The Morgan fingerprint density at radius 2 is 1.71 bits per heavy atom. The number of carbonyl (C=O) groups is 1. The summed E-state index contributed by atoms with van der Waals surface area (Å²) in [6, 6.07) is 9.49. The molecule has 0 bridgehead atoms. The lowest BCUT2D eigenvalue weighted by atomic mass is 9.93. The molecule has 1 saturated carbocycles. The molecule has 3 heteroatoms. The first-order valence-corrected chi connectivity index (χ1v) is 10.5. The smallest absolute Gasteiger partial charge is 0.250 e. The van der Waals surface area contributed by atoms with E-state index >= 15 is 0 Å². The van der Waals surface area contributed by atoms with Crippen molar-refractivity contribution in [1.29, 1.82) is 0 Å². The highest BCUT2D eigenvalue weighted by Gasteiger charge is 2.55. The summed E-state index contributed by atoms with van der Waals surface area (Å²) in [5, 5.41) is 0.113. The second-order valence-electron chi connectivity index (χ2n) is 7.56. The maximum absolute atomic E-state index is 12.8. The van der Waals surface area contributed by atoms with E-state index in [2.05, 4.69) is 40.4 Å². The molecule has 1 fully saturated rings. The molecule has 1 aliphatic rings. The molecular formula is C18H26O2Si. The van der Waals surface area contributed by atoms with Crippen LogP contribution in [0.3, 0.4) is 0 Å². The van der Waals surface area contributed by atoms with Gasteiger partial charge in [0, 0.05) is 5.56 Å². The highest BCUT2D eigenvalue weighted by atomic mass is 28.4. The number of hydrogen-bond donors (Lipinski definition) is 0. The van der Waals surface area contributed by atoms with Crippen LogP contribution in [-0.4, -0.2) is 14.1 Å². The third-order valence-electron chi connectivity index (χ3n) is 4.94. The van der Waals surface area contributed by atoms with Gasteiger partial charge in [-0.25, -0.2) is 0 Å². The van der Waals surface area contributed by atoms with Crippen molar-refractivity contribution in [2.75, 3.05) is 0 Å². The molecule has 0 radical (unpaired) electrons. The van der Waals surface area contributed by atoms with Crippen molar-refractivity contribution in [3.8, 4) is 0 Å². The monoisotopic (exact) mass is 302 g/mol. The molecule has 0 aromatic heterocycles. The van der Waals surface area contributed by atoms with E-state index in [9.17, 15) is 4.79 Å². The summed E-state index contributed by atoms with van der Waals surface area (Å²) in [5.74, 6) is 0.842. The molecule has 1 aliphatic carbocycles. The van der Waals surface area contributed by atoms with Crippen molar-refractivity contribution in [2.45, 2.75) is 51.7 Å². The summed E-state index contributed by atoms with van der Waals surface area (Å²) in [4.78, 5) is 12.8. The van der Waals surface area contributed by atoms with Crippen LogP contribution >= 0.6 is 0 Å². The number of ketones is 1. The lowest BCUT2D eigenvalue weighted by molar-refractivity contribution is 0.0895. The van der Waals surface area contributed by atoms with Crippen LogP contribution in [0.4, 0.5) is 0 Å². The summed E-state index contributed by atoms with van der Waals surface area (Å²) in [6.07, 6.45) is 1.71. The number of Topliss-reactive ketones (excluding diaryl/α,β-unsaturated/α-hetero) is 1. The molecule has 0 spiro atoms. The van der Waals surface area contributed by atoms with E-state index in [1.54, 1.807) is 0 Å². The zero-order valence-electron chi connectivity index (χ0n) is 13.8. The number of rotatable bonds is 5. The Kier molecular flexibility index (Phi) is 3.91. The standard InChI is InChI=1S/C18H26O2Si/c1-14(20-21(5,6)17(2,3)4)18(12-13-18)16(19)15-10-8-7-9-11-15/h7-11H,1,12-13H2,2-6H3. The predicted molar refractivity (Wildman–Crippen MR) is 89.9 cm³/mol. The van der Waals surface area contributed by atoms with E-state index in [0.29, 0.717) is 5.76 Å². The molecule has 0 N–H and O–H groups in total. The van der Waals surface area contributed by atoms with Crippen LogP contribution in [0.15, 0.2) is 42.7 Å². The molecule has 0 atom stereocenters. The van der Waals surface area contributed by atoms with E-state index in [1.807, 2.05) is 30.3 Å². The molecule has 0 heterocycles. The maximum atomic E-state index is 12.8. The van der Waals surface area contributed by atoms with Crippen LogP contribution in [0.5, 0.6) is 0 Å². The van der Waals surface area contributed by atoms with Crippen molar-refractivity contribution in [3.05, 3.63) is 48.2 Å². The van der Waals surface area contributed by atoms with Crippen molar-refractivity contribution < 1.29 is 9.22 Å². The Morgan fingerprint density at radius 3 is 2.14 bits per heavy atom. The van der Waals surface area contributed by atoms with Gasteiger partial charge in [-0.2, -0.15) is 0 Å². The summed E-state index contributed by atoms with van der Waals surface area (Å²) < 4.78 is 6.30. The minimum absolute atomic E-state index is 0.113. The highest BCUT2D eigenvalue weighted by molar-refractivity contribution is 6.74. The zero-order valence-corrected chi connectivity index (χ0v) is 14.8. The number of hydrogen-bond acceptors (Lipinski definition) is 2. The Hall–Kier alpha value is -1.35. The number of carbonyl (C=O) groups excluding carboxylic acids is 1. The van der Waals surface area contributed by atoms with Crippen LogP contribution < -0.4 is 0 Å². The SMILES string of the molecule is C=C(O[Si](C)(C)C(C)(C)C)C1(C(=O)c2ccccc2)CC1. The minimum Gasteiger partial charge on any atom is -0.546 e. The fourth-order valence-electron chi connectivity index (χ4n) is 2.18. The predicted octanol–water partition coefficient (Wildman–Crippen LogP) is 5.19. The lowest BCUT2D eigenvalue weighted by Crippen LogP contribution is -2.42. The molecular weight excluding hydrogens is 276 g/mol. The normalized spacial score (nSPS) is 17.2. The van der Waals surface area contributed by atoms with Gasteiger partial charge in [-0.1, -0.05) is 57.7 Å². The van der Waals surface area contributed by atoms with Crippen molar-refractivity contribution in [1.82, 2.24) is 0 Å². The second-order valence-corrected chi connectivity index (χ2v) is 12.3. The average molecular weight is 302 g/mol. The number of allylic oxidation sites excluding steroid dienone is 1. The van der Waals surface area contributed by atoms with Gasteiger partial charge in [0.2, 0.25) is 8.32 Å². The Labute approximate surface area is 129 Å². The average Bonchev–Trinajstić information content (AvgIpc) is 3.18. The molecule has 2 rings (SSSR count). The quantitative estimate of drug-likeness (QED) is 0.425. The topological polar surface area (TPSA) is 26.3 Å². The van der Waals surface area contributed by atoms with Crippen molar-refractivity contribution in [2.24, 2.45) is 5.41 Å². The van der Waals surface area contributed by atoms with Gasteiger partial charge >= 0.3 is 0 Å². The largest absolute Gasteiger partial charge is 0.546 e. The van der Waals surface area contributed by atoms with E-state index in [1.165, 1.54) is 0 Å². The second kappa shape index (κ2) is 5.13. The molecule has 1 aromatic carbocycles. The van der Waals surface area contributed by atoms with Crippen LogP contribution in [0.25, 0.3) is 0 Å². The Balaban J connectivity index is 2.18. The van der Waals surface area contributed by atoms with Gasteiger partial charge in [-0.05, 0) is 31.0 Å². The first-order valence-electron chi connectivity index (χ1n) is 7.58. The fraction of sp³-hybridized carbons (Fsp3) is 0.500. The Bertz CT molecular complexity index is 548. The first-order chi connectivity index (χ1) is 9.60. The van der Waals surface area contributed by atoms with Gasteiger partial charge in [-0.3, -0.25) is 4.79 Å². The molecule has 0 amide bonds. The molecule has 114 valence electrons. The fourth-order valence-corrected chi connectivity index (χ4v) is 3.30. The van der Waals surface area contributed by atoms with Crippen molar-refractivity contribution >= 4 is 14.1 Å². The summed E-state index contributed by atoms with van der Waals surface area (Å²) >= 11 is 0. The molecule has 0 aliphatic heterocycles. The highest BCUT2D eigenvalue weighted by Crippen LogP contribution is 2.55. The van der Waals surface area contributed by atoms with E-state index < -0.39 is 13.7 Å². The molecule has 1 aromatic rings. The van der Waals surface area contributed by atoms with E-state index in [4.69, 9.17) is 4.43 Å². The van der Waals surface area contributed by atoms with Crippen LogP contribution in [-0.2, 0) is 4.43 Å². The van der Waals surface area contributed by atoms with Crippen LogP contribution in [0, 0.1) is 5.41 Å². The van der Waals surface area contributed by atoms with Gasteiger partial charge in [0.05, 0.1) is 11.2 Å². The third-order valence-corrected chi connectivity index (χ3v) is 9.31. The lowest BCUT2D eigenvalue weighted by Gasteiger charge is -2.38. The van der Waals surface area contributed by atoms with Gasteiger partial charge in [0.1, 0.15) is 0 Å². The van der Waals surface area contributed by atoms with Crippen LogP contribution in [0.1, 0.15) is 44.0 Å². The van der Waals surface area contributed by atoms with Gasteiger partial charge in [-0.15, -0.1) is 0 Å². The molecule has 0 saturated heterocycles. The van der Waals surface area contributed by atoms with E-state index in [-0.39, 0.29) is 10.8 Å². The van der Waals surface area contributed by atoms with Gasteiger partial charge in [0.25, 0.3) is 0 Å². The molecule has 2 nitrogen and oxygen atoms in total. The summed E-state index contributed by atoms with van der Waals surface area (Å²) in [6.45, 7) is 15.1.